The number of nitrogens with one attached hydrogen (secondary N) is 3. The van der Waals surface area contributed by atoms with Gasteiger partial charge in [-0.15, -0.1) is 0 Å². The third-order valence-electron chi connectivity index (χ3n) is 5.96. The second-order valence-corrected chi connectivity index (χ2v) is 8.03. The Morgan fingerprint density at radius 2 is 1.88 bits per heavy atom. The summed E-state index contributed by atoms with van der Waals surface area (Å²) in [6.45, 7) is 3.19. The van der Waals surface area contributed by atoms with Gasteiger partial charge in [0.25, 0.3) is 0 Å². The van der Waals surface area contributed by atoms with Crippen molar-refractivity contribution in [3.63, 3.8) is 0 Å². The second kappa shape index (κ2) is 7.80. The highest BCUT2D eigenvalue weighted by Crippen LogP contribution is 2.24. The van der Waals surface area contributed by atoms with E-state index in [0.717, 1.165) is 29.5 Å². The van der Waals surface area contributed by atoms with Gasteiger partial charge in [0, 0.05) is 37.4 Å². The summed E-state index contributed by atoms with van der Waals surface area (Å²) < 4.78 is 5.57. The Morgan fingerprint density at radius 3 is 2.50 bits per heavy atom. The highest BCUT2D eigenvalue weighted by atomic mass is 32.1. The topological polar surface area (TPSA) is 41.6 Å². The molecule has 3 heterocycles. The number of rotatable bonds is 5. The third kappa shape index (κ3) is 3.94. The Hall–Kier alpha value is -1.85. The largest absolute Gasteiger partial charge is 0.463 e. The summed E-state index contributed by atoms with van der Waals surface area (Å²) in [6, 6.07) is 14.5. The van der Waals surface area contributed by atoms with Crippen molar-refractivity contribution in [3.8, 4) is 0 Å². The van der Waals surface area contributed by atoms with E-state index in [9.17, 15) is 0 Å². The van der Waals surface area contributed by atoms with Crippen LogP contribution in [0.25, 0.3) is 0 Å². The number of fused-ring (bicyclic) bond motifs is 2. The Bertz CT molecular complexity index is 714. The molecule has 2 fully saturated rings. The first-order chi connectivity index (χ1) is 12.7. The molecule has 2 bridgehead atoms. The van der Waals surface area contributed by atoms with E-state index in [-0.39, 0.29) is 0 Å². The molecule has 4 nitrogen and oxygen atoms in total. The first kappa shape index (κ1) is 17.6. The quantitative estimate of drug-likeness (QED) is 0.708. The molecule has 5 heteroatoms. The molecule has 2 saturated heterocycles. The van der Waals surface area contributed by atoms with Crippen LogP contribution in [0.2, 0.25) is 0 Å². The van der Waals surface area contributed by atoms with Crippen molar-refractivity contribution < 1.29 is 9.32 Å². The third-order valence-corrected chi connectivity index (χ3v) is 6.18. The van der Waals surface area contributed by atoms with E-state index in [2.05, 4.69) is 47.9 Å². The lowest BCUT2D eigenvalue weighted by Gasteiger charge is -2.36. The zero-order valence-corrected chi connectivity index (χ0v) is 16.1. The molecule has 1 aromatic carbocycles. The lowest BCUT2D eigenvalue weighted by atomic mass is 9.97. The number of thiocarbonyl (C=S) groups is 1. The van der Waals surface area contributed by atoms with Gasteiger partial charge < -0.3 is 20.0 Å². The molecule has 0 saturated carbocycles. The first-order valence-corrected chi connectivity index (χ1v) is 10.2. The minimum Gasteiger partial charge on any atom is -0.463 e. The maximum atomic E-state index is 5.57. The Labute approximate surface area is 161 Å². The van der Waals surface area contributed by atoms with Crippen LogP contribution >= 0.6 is 12.2 Å². The molecule has 2 aromatic rings. The molecular formula is C21H28N3OS+. The number of anilines is 1. The van der Waals surface area contributed by atoms with Gasteiger partial charge in [-0.1, -0.05) is 19.1 Å². The fourth-order valence-electron chi connectivity index (χ4n) is 4.63. The van der Waals surface area contributed by atoms with Crippen molar-refractivity contribution in [1.29, 1.82) is 0 Å². The molecule has 2 aliphatic heterocycles. The van der Waals surface area contributed by atoms with E-state index >= 15 is 0 Å². The number of benzene rings is 1. The fraction of sp³-hybridized carbons (Fsp3) is 0.476. The van der Waals surface area contributed by atoms with E-state index in [1.54, 1.807) is 11.2 Å². The highest BCUT2D eigenvalue weighted by Gasteiger charge is 2.44. The molecule has 2 atom stereocenters. The molecule has 4 rings (SSSR count). The van der Waals surface area contributed by atoms with Crippen LogP contribution in [0, 0.1) is 0 Å². The van der Waals surface area contributed by atoms with Crippen molar-refractivity contribution >= 4 is 23.0 Å². The molecule has 1 aromatic heterocycles. The van der Waals surface area contributed by atoms with Crippen LogP contribution in [-0.4, -0.2) is 23.2 Å². The number of hydrogen-bond acceptors (Lipinski definition) is 2. The van der Waals surface area contributed by atoms with Crippen molar-refractivity contribution in [2.45, 2.75) is 63.7 Å². The first-order valence-electron chi connectivity index (χ1n) is 9.75. The predicted octanol–water partition coefficient (Wildman–Crippen LogP) is 2.91. The zero-order chi connectivity index (χ0) is 17.9. The van der Waals surface area contributed by atoms with Crippen LogP contribution in [0.4, 0.5) is 5.69 Å². The Kier molecular flexibility index (Phi) is 5.27. The summed E-state index contributed by atoms with van der Waals surface area (Å²) in [7, 11) is 0. The highest BCUT2D eigenvalue weighted by molar-refractivity contribution is 7.80. The van der Waals surface area contributed by atoms with Crippen LogP contribution < -0.4 is 15.5 Å². The lowest BCUT2D eigenvalue weighted by molar-refractivity contribution is -0.955. The standard InChI is InChI=1S/C21H27N3OS/c1-2-15-5-7-16(8-6-15)22-21(26)23-17-12-18-9-10-19(13-17)24(18)14-20-4-3-11-25-20/h3-8,11,17-19H,2,9-10,12-14H2,1H3,(H2,22,23,26)/p+1/t18-,19-/m1/s1. The summed E-state index contributed by atoms with van der Waals surface area (Å²) >= 11 is 5.55. The van der Waals surface area contributed by atoms with E-state index < -0.39 is 0 Å². The second-order valence-electron chi connectivity index (χ2n) is 7.62. The van der Waals surface area contributed by atoms with Gasteiger partial charge in [-0.05, 0) is 48.5 Å². The molecule has 26 heavy (non-hydrogen) atoms. The molecule has 0 aliphatic carbocycles. The summed E-state index contributed by atoms with van der Waals surface area (Å²) in [5.41, 5.74) is 2.40. The number of hydrogen-bond donors (Lipinski definition) is 3. The Balaban J connectivity index is 1.30. The summed E-state index contributed by atoms with van der Waals surface area (Å²) in [4.78, 5) is 1.70. The molecule has 0 spiro atoms. The smallest absolute Gasteiger partial charge is 0.171 e. The van der Waals surface area contributed by atoms with Crippen molar-refractivity contribution in [2.24, 2.45) is 0 Å². The number of aryl methyl sites for hydroxylation is 1. The molecule has 3 N–H and O–H groups in total. The average molecular weight is 371 g/mol. The fourth-order valence-corrected chi connectivity index (χ4v) is 4.91. The molecule has 138 valence electrons. The molecule has 0 amide bonds. The number of quaternary nitrogens is 1. The van der Waals surface area contributed by atoms with Crippen LogP contribution in [0.1, 0.15) is 43.9 Å². The molecular weight excluding hydrogens is 342 g/mol. The number of furan rings is 1. The van der Waals surface area contributed by atoms with E-state index in [1.807, 2.05) is 6.07 Å². The Morgan fingerprint density at radius 1 is 1.15 bits per heavy atom. The van der Waals surface area contributed by atoms with Crippen LogP contribution in [-0.2, 0) is 13.0 Å². The normalized spacial score (nSPS) is 27.3. The summed E-state index contributed by atoms with van der Waals surface area (Å²) in [5, 5.41) is 7.64. The van der Waals surface area contributed by atoms with E-state index in [0.29, 0.717) is 18.1 Å². The predicted molar refractivity (Wildman–Crippen MR) is 108 cm³/mol. The molecule has 0 unspecified atom stereocenters. The minimum absolute atomic E-state index is 0.475. The zero-order valence-electron chi connectivity index (χ0n) is 15.3. The maximum absolute atomic E-state index is 5.57. The summed E-state index contributed by atoms with van der Waals surface area (Å²) in [5.74, 6) is 1.11. The SMILES string of the molecule is CCc1ccc(NC(=S)NC2C[C@H]3CC[C@H](C2)[NH+]3Cc2ccco2)cc1. The minimum atomic E-state index is 0.475. The van der Waals surface area contributed by atoms with Gasteiger partial charge >= 0.3 is 0 Å². The summed E-state index contributed by atoms with van der Waals surface area (Å²) in [6.07, 6.45) is 7.84. The van der Waals surface area contributed by atoms with E-state index in [1.165, 1.54) is 31.2 Å². The van der Waals surface area contributed by atoms with Gasteiger partial charge in [-0.2, -0.15) is 0 Å². The lowest BCUT2D eigenvalue weighted by Crippen LogP contribution is -3.17. The van der Waals surface area contributed by atoms with Crippen molar-refractivity contribution in [3.05, 3.63) is 54.0 Å². The average Bonchev–Trinajstić information content (AvgIpc) is 3.22. The van der Waals surface area contributed by atoms with E-state index in [4.69, 9.17) is 16.6 Å². The van der Waals surface area contributed by atoms with Gasteiger partial charge in [-0.25, -0.2) is 0 Å². The monoisotopic (exact) mass is 370 g/mol. The van der Waals surface area contributed by atoms with Gasteiger partial charge in [0.2, 0.25) is 0 Å². The van der Waals surface area contributed by atoms with Crippen LogP contribution in [0.3, 0.4) is 0 Å². The molecule has 2 aliphatic rings. The maximum Gasteiger partial charge on any atom is 0.171 e. The van der Waals surface area contributed by atoms with Crippen LogP contribution in [0.5, 0.6) is 0 Å². The van der Waals surface area contributed by atoms with Gasteiger partial charge in [-0.3, -0.25) is 0 Å². The van der Waals surface area contributed by atoms with Gasteiger partial charge in [0.15, 0.2) is 10.9 Å². The van der Waals surface area contributed by atoms with Gasteiger partial charge in [0.05, 0.1) is 18.3 Å². The molecule has 0 radical (unpaired) electrons. The van der Waals surface area contributed by atoms with Crippen molar-refractivity contribution in [1.82, 2.24) is 5.32 Å². The van der Waals surface area contributed by atoms with Crippen LogP contribution in [0.15, 0.2) is 47.1 Å². The number of piperidine rings is 1. The van der Waals surface area contributed by atoms with Crippen molar-refractivity contribution in [2.75, 3.05) is 5.32 Å². The van der Waals surface area contributed by atoms with Gasteiger partial charge in [0.1, 0.15) is 6.54 Å².